The molecule has 9 nitrogen and oxygen atoms in total. The van der Waals surface area contributed by atoms with Gasteiger partial charge >= 0.3 is 5.69 Å². The van der Waals surface area contributed by atoms with Crippen LogP contribution in [-0.2, 0) is 22.7 Å². The molecule has 1 aliphatic heterocycles. The number of carbonyl (C=O) groups is 2. The van der Waals surface area contributed by atoms with Gasteiger partial charge in [0.2, 0.25) is 11.8 Å². The van der Waals surface area contributed by atoms with Crippen LogP contribution in [0.1, 0.15) is 32.6 Å². The van der Waals surface area contributed by atoms with Crippen molar-refractivity contribution in [2.75, 3.05) is 23.3 Å². The Labute approximate surface area is 192 Å². The molecule has 1 saturated heterocycles. The number of carbonyl (C=O) groups excluding carboxylic acids is 2. The molecule has 2 aromatic heterocycles. The third-order valence-corrected chi connectivity index (χ3v) is 6.11. The summed E-state index contributed by atoms with van der Waals surface area (Å²) in [6.07, 6.45) is 4.34. The zero-order valence-corrected chi connectivity index (χ0v) is 18.9. The van der Waals surface area contributed by atoms with E-state index >= 15 is 0 Å². The van der Waals surface area contributed by atoms with Crippen LogP contribution in [0.3, 0.4) is 0 Å². The molecular formula is C24H30N6O3. The van der Waals surface area contributed by atoms with Gasteiger partial charge in [-0.1, -0.05) is 19.1 Å². The first-order valence-electron chi connectivity index (χ1n) is 11.5. The van der Waals surface area contributed by atoms with Crippen LogP contribution in [0.4, 0.5) is 11.5 Å². The van der Waals surface area contributed by atoms with Crippen molar-refractivity contribution in [1.29, 1.82) is 0 Å². The Hall–Kier alpha value is -3.62. The van der Waals surface area contributed by atoms with E-state index in [-0.39, 0.29) is 29.8 Å². The van der Waals surface area contributed by atoms with E-state index in [2.05, 4.69) is 10.3 Å². The van der Waals surface area contributed by atoms with Crippen molar-refractivity contribution in [2.24, 2.45) is 11.7 Å². The number of fused-ring (bicyclic) bond motifs is 1. The largest absolute Gasteiger partial charge is 0.369 e. The summed E-state index contributed by atoms with van der Waals surface area (Å²) in [7, 11) is 0. The van der Waals surface area contributed by atoms with Gasteiger partial charge in [-0.05, 0) is 43.5 Å². The summed E-state index contributed by atoms with van der Waals surface area (Å²) in [6.45, 7) is 4.37. The number of primary amides is 1. The van der Waals surface area contributed by atoms with Crippen molar-refractivity contribution >= 4 is 34.4 Å². The third kappa shape index (κ3) is 4.92. The number of anilines is 2. The highest BCUT2D eigenvalue weighted by atomic mass is 16.2. The second kappa shape index (κ2) is 9.89. The number of rotatable bonds is 8. The van der Waals surface area contributed by atoms with Crippen molar-refractivity contribution < 1.29 is 9.59 Å². The molecule has 1 fully saturated rings. The highest BCUT2D eigenvalue weighted by molar-refractivity contribution is 5.90. The van der Waals surface area contributed by atoms with Crippen LogP contribution >= 0.6 is 0 Å². The van der Waals surface area contributed by atoms with Gasteiger partial charge < -0.3 is 16.0 Å². The van der Waals surface area contributed by atoms with Crippen molar-refractivity contribution in [3.8, 4) is 0 Å². The first-order chi connectivity index (χ1) is 16.0. The second-order valence-corrected chi connectivity index (χ2v) is 8.47. The minimum absolute atomic E-state index is 0.0901. The minimum Gasteiger partial charge on any atom is -0.369 e. The SMILES string of the molecule is CCCn1c(=O)n(CCC(=O)Nc2ccc(N3CCCC(C(N)=O)C3)nc2)c2ccccc21. The molecule has 2 amide bonds. The van der Waals surface area contributed by atoms with E-state index in [1.54, 1.807) is 21.4 Å². The average Bonchev–Trinajstić information content (AvgIpc) is 3.09. The summed E-state index contributed by atoms with van der Waals surface area (Å²) in [5, 5.41) is 2.85. The molecule has 1 aliphatic rings. The van der Waals surface area contributed by atoms with Gasteiger partial charge in [0.15, 0.2) is 0 Å². The van der Waals surface area contributed by atoms with Gasteiger partial charge in [-0.25, -0.2) is 9.78 Å². The number of nitrogens with one attached hydrogen (secondary N) is 1. The van der Waals surface area contributed by atoms with Gasteiger partial charge in [-0.2, -0.15) is 0 Å². The van der Waals surface area contributed by atoms with Gasteiger partial charge in [0.05, 0.1) is 28.8 Å². The standard InChI is InChI=1S/C24H30N6O3/c1-2-12-29-19-7-3-4-8-20(19)30(24(29)33)14-11-22(31)27-18-9-10-21(26-15-18)28-13-5-6-17(16-28)23(25)32/h3-4,7-10,15,17H,2,5-6,11-14,16H2,1H3,(H2,25,32)(H,27,31). The first kappa shape index (κ1) is 22.6. The molecule has 1 unspecified atom stereocenters. The Morgan fingerprint density at radius 3 is 2.48 bits per heavy atom. The lowest BCUT2D eigenvalue weighted by atomic mass is 9.97. The molecule has 0 aliphatic carbocycles. The highest BCUT2D eigenvalue weighted by Crippen LogP contribution is 2.22. The van der Waals surface area contributed by atoms with E-state index in [1.807, 2.05) is 42.2 Å². The number of aryl methyl sites for hydroxylation is 2. The van der Waals surface area contributed by atoms with Crippen LogP contribution in [0.15, 0.2) is 47.4 Å². The number of para-hydroxylation sites is 2. The molecule has 33 heavy (non-hydrogen) atoms. The van der Waals surface area contributed by atoms with Crippen LogP contribution in [-0.4, -0.2) is 39.0 Å². The number of piperidine rings is 1. The molecule has 1 aromatic carbocycles. The van der Waals surface area contributed by atoms with Gasteiger partial charge in [-0.3, -0.25) is 18.7 Å². The van der Waals surface area contributed by atoms with E-state index in [0.717, 1.165) is 42.7 Å². The highest BCUT2D eigenvalue weighted by Gasteiger charge is 2.24. The van der Waals surface area contributed by atoms with Crippen LogP contribution < -0.4 is 21.6 Å². The fourth-order valence-electron chi connectivity index (χ4n) is 4.43. The van der Waals surface area contributed by atoms with E-state index < -0.39 is 0 Å². The summed E-state index contributed by atoms with van der Waals surface area (Å²) in [5.41, 5.74) is 7.69. The van der Waals surface area contributed by atoms with Crippen LogP contribution in [0.2, 0.25) is 0 Å². The van der Waals surface area contributed by atoms with Gasteiger partial charge in [0, 0.05) is 32.6 Å². The maximum atomic E-state index is 12.9. The Kier molecular flexibility index (Phi) is 6.76. The molecular weight excluding hydrogens is 420 g/mol. The fourth-order valence-corrected chi connectivity index (χ4v) is 4.43. The Morgan fingerprint density at radius 2 is 1.85 bits per heavy atom. The average molecular weight is 451 g/mol. The number of nitrogens with two attached hydrogens (primary N) is 1. The maximum absolute atomic E-state index is 12.9. The smallest absolute Gasteiger partial charge is 0.329 e. The van der Waals surface area contributed by atoms with Crippen molar-refractivity contribution in [2.45, 2.75) is 45.7 Å². The lowest BCUT2D eigenvalue weighted by molar-refractivity contribution is -0.122. The summed E-state index contributed by atoms with van der Waals surface area (Å²) in [5.74, 6) is 0.136. The summed E-state index contributed by atoms with van der Waals surface area (Å²) >= 11 is 0. The molecule has 9 heteroatoms. The zero-order valence-electron chi connectivity index (χ0n) is 18.9. The number of aromatic nitrogens is 3. The molecule has 3 N–H and O–H groups in total. The predicted molar refractivity (Wildman–Crippen MR) is 128 cm³/mol. The number of hydrogen-bond donors (Lipinski definition) is 2. The van der Waals surface area contributed by atoms with E-state index in [0.29, 0.717) is 25.3 Å². The predicted octanol–water partition coefficient (Wildman–Crippen LogP) is 2.34. The molecule has 0 bridgehead atoms. The van der Waals surface area contributed by atoms with E-state index in [4.69, 9.17) is 5.73 Å². The van der Waals surface area contributed by atoms with E-state index in [9.17, 15) is 14.4 Å². The fraction of sp³-hybridized carbons (Fsp3) is 0.417. The van der Waals surface area contributed by atoms with Gasteiger partial charge in [0.25, 0.3) is 0 Å². The molecule has 0 spiro atoms. The Bertz CT molecular complexity index is 1200. The molecule has 0 saturated carbocycles. The molecule has 1 atom stereocenters. The van der Waals surface area contributed by atoms with Crippen LogP contribution in [0.5, 0.6) is 0 Å². The molecule has 3 heterocycles. The van der Waals surface area contributed by atoms with Crippen molar-refractivity contribution in [3.63, 3.8) is 0 Å². The maximum Gasteiger partial charge on any atom is 0.329 e. The lowest BCUT2D eigenvalue weighted by Gasteiger charge is -2.32. The minimum atomic E-state index is -0.277. The van der Waals surface area contributed by atoms with Crippen LogP contribution in [0.25, 0.3) is 11.0 Å². The quantitative estimate of drug-likeness (QED) is 0.547. The second-order valence-electron chi connectivity index (χ2n) is 8.47. The topological polar surface area (TPSA) is 115 Å². The normalized spacial score (nSPS) is 16.2. The van der Waals surface area contributed by atoms with Crippen molar-refractivity contribution in [1.82, 2.24) is 14.1 Å². The summed E-state index contributed by atoms with van der Waals surface area (Å²) in [6, 6.07) is 11.3. The molecule has 174 valence electrons. The first-order valence-corrected chi connectivity index (χ1v) is 11.5. The number of hydrogen-bond acceptors (Lipinski definition) is 5. The Morgan fingerprint density at radius 1 is 1.12 bits per heavy atom. The number of pyridine rings is 1. The monoisotopic (exact) mass is 450 g/mol. The van der Waals surface area contributed by atoms with E-state index in [1.165, 1.54) is 0 Å². The molecule has 4 rings (SSSR count). The summed E-state index contributed by atoms with van der Waals surface area (Å²) in [4.78, 5) is 43.4. The number of amides is 2. The lowest BCUT2D eigenvalue weighted by Crippen LogP contribution is -2.41. The molecule has 0 radical (unpaired) electrons. The van der Waals surface area contributed by atoms with Crippen LogP contribution in [0, 0.1) is 5.92 Å². The number of benzene rings is 1. The molecule has 3 aromatic rings. The number of imidazole rings is 1. The van der Waals surface area contributed by atoms with Gasteiger partial charge in [-0.15, -0.1) is 0 Å². The zero-order chi connectivity index (χ0) is 23.4. The number of nitrogens with zero attached hydrogens (tertiary/aromatic N) is 4. The Balaban J connectivity index is 1.38. The van der Waals surface area contributed by atoms with Gasteiger partial charge in [0.1, 0.15) is 5.82 Å². The summed E-state index contributed by atoms with van der Waals surface area (Å²) < 4.78 is 3.43. The third-order valence-electron chi connectivity index (χ3n) is 6.11. The van der Waals surface area contributed by atoms with Crippen molar-refractivity contribution in [3.05, 3.63) is 53.1 Å².